The number of nitrogens with zero attached hydrogens (tertiary/aromatic N) is 1. The molecular formula is C17H25NO4. The van der Waals surface area contributed by atoms with E-state index in [-0.39, 0.29) is 5.75 Å². The van der Waals surface area contributed by atoms with Crippen LogP contribution >= 0.6 is 0 Å². The SMILES string of the molecule is CC(C)(C)OC(=O)N(c1ccc(O)cc1)C1(O)CCCCC1. The summed E-state index contributed by atoms with van der Waals surface area (Å²) in [6.45, 7) is 5.39. The van der Waals surface area contributed by atoms with Crippen molar-refractivity contribution in [1.29, 1.82) is 0 Å². The maximum Gasteiger partial charge on any atom is 0.417 e. The minimum atomic E-state index is -1.24. The standard InChI is InChI=1S/C17H25NO4/c1-16(2,3)22-15(20)18(13-7-9-14(19)10-8-13)17(21)11-5-4-6-12-17/h7-10,19,21H,4-6,11-12H2,1-3H3. The highest BCUT2D eigenvalue weighted by molar-refractivity contribution is 5.89. The number of aromatic hydroxyl groups is 1. The van der Waals surface area contributed by atoms with Gasteiger partial charge in [-0.1, -0.05) is 6.42 Å². The quantitative estimate of drug-likeness (QED) is 0.816. The molecule has 0 atom stereocenters. The van der Waals surface area contributed by atoms with Crippen LogP contribution in [0.2, 0.25) is 0 Å². The van der Waals surface area contributed by atoms with Crippen LogP contribution in [0, 0.1) is 0 Å². The molecule has 0 saturated heterocycles. The Morgan fingerprint density at radius 3 is 2.18 bits per heavy atom. The first kappa shape index (κ1) is 16.6. The molecular weight excluding hydrogens is 282 g/mol. The van der Waals surface area contributed by atoms with Gasteiger partial charge < -0.3 is 14.9 Å². The lowest BCUT2D eigenvalue weighted by atomic mass is 9.90. The molecule has 1 aliphatic carbocycles. The van der Waals surface area contributed by atoms with E-state index in [1.165, 1.54) is 17.0 Å². The van der Waals surface area contributed by atoms with Crippen molar-refractivity contribution < 1.29 is 19.7 Å². The molecule has 0 bridgehead atoms. The predicted octanol–water partition coefficient (Wildman–Crippen LogP) is 3.79. The first-order chi connectivity index (χ1) is 10.2. The normalized spacial score (nSPS) is 17.8. The van der Waals surface area contributed by atoms with E-state index in [0.29, 0.717) is 18.5 Å². The fourth-order valence-corrected chi connectivity index (χ4v) is 2.77. The van der Waals surface area contributed by atoms with Gasteiger partial charge in [0.2, 0.25) is 0 Å². The van der Waals surface area contributed by atoms with Crippen molar-refractivity contribution in [1.82, 2.24) is 0 Å². The van der Waals surface area contributed by atoms with Crippen LogP contribution in [-0.4, -0.2) is 27.6 Å². The minimum absolute atomic E-state index is 0.114. The lowest BCUT2D eigenvalue weighted by Crippen LogP contribution is -2.54. The molecule has 1 saturated carbocycles. The van der Waals surface area contributed by atoms with Crippen LogP contribution in [0.15, 0.2) is 24.3 Å². The molecule has 2 N–H and O–H groups in total. The number of rotatable bonds is 2. The van der Waals surface area contributed by atoms with Gasteiger partial charge in [-0.15, -0.1) is 0 Å². The second kappa shape index (κ2) is 6.16. The first-order valence-electron chi connectivity index (χ1n) is 7.76. The van der Waals surface area contributed by atoms with E-state index in [9.17, 15) is 15.0 Å². The number of carbonyl (C=O) groups excluding carboxylic acids is 1. The van der Waals surface area contributed by atoms with Gasteiger partial charge >= 0.3 is 6.09 Å². The third kappa shape index (κ3) is 3.91. The molecule has 0 aliphatic heterocycles. The van der Waals surface area contributed by atoms with Crippen LogP contribution in [0.3, 0.4) is 0 Å². The van der Waals surface area contributed by atoms with Gasteiger partial charge in [0.05, 0.1) is 5.69 Å². The smallest absolute Gasteiger partial charge is 0.417 e. The number of phenolic OH excluding ortho intramolecular Hbond substituents is 1. The number of phenols is 1. The van der Waals surface area contributed by atoms with Crippen molar-refractivity contribution in [3.05, 3.63) is 24.3 Å². The second-order valence-electron chi connectivity index (χ2n) is 6.88. The molecule has 22 heavy (non-hydrogen) atoms. The molecule has 0 spiro atoms. The summed E-state index contributed by atoms with van der Waals surface area (Å²) >= 11 is 0. The molecule has 1 fully saturated rings. The maximum absolute atomic E-state index is 12.6. The summed E-state index contributed by atoms with van der Waals surface area (Å²) in [5.74, 6) is 0.114. The van der Waals surface area contributed by atoms with E-state index in [1.807, 2.05) is 0 Å². The van der Waals surface area contributed by atoms with Crippen LogP contribution in [0.5, 0.6) is 5.75 Å². The highest BCUT2D eigenvalue weighted by Crippen LogP contribution is 2.36. The number of amides is 1. The average molecular weight is 307 g/mol. The number of hydrogen-bond donors (Lipinski definition) is 2. The van der Waals surface area contributed by atoms with Gasteiger partial charge in [-0.05, 0) is 70.7 Å². The van der Waals surface area contributed by atoms with E-state index in [1.54, 1.807) is 32.9 Å². The zero-order valence-electron chi connectivity index (χ0n) is 13.5. The lowest BCUT2D eigenvalue weighted by Gasteiger charge is -2.42. The fourth-order valence-electron chi connectivity index (χ4n) is 2.77. The number of benzene rings is 1. The minimum Gasteiger partial charge on any atom is -0.508 e. The molecule has 2 rings (SSSR count). The number of ether oxygens (including phenoxy) is 1. The van der Waals surface area contributed by atoms with Gasteiger partial charge in [0.25, 0.3) is 0 Å². The van der Waals surface area contributed by atoms with Crippen molar-refractivity contribution in [2.75, 3.05) is 4.90 Å². The summed E-state index contributed by atoms with van der Waals surface area (Å²) in [5.41, 5.74) is -1.36. The Labute approximate surface area is 131 Å². The number of carbonyl (C=O) groups is 1. The monoisotopic (exact) mass is 307 g/mol. The first-order valence-corrected chi connectivity index (χ1v) is 7.76. The van der Waals surface area contributed by atoms with Crippen molar-refractivity contribution >= 4 is 11.8 Å². The summed E-state index contributed by atoms with van der Waals surface area (Å²) in [4.78, 5) is 14.0. The Kier molecular flexibility index (Phi) is 4.66. The Morgan fingerprint density at radius 2 is 1.68 bits per heavy atom. The molecule has 1 aliphatic rings. The summed E-state index contributed by atoms with van der Waals surface area (Å²) in [6, 6.07) is 6.23. The summed E-state index contributed by atoms with van der Waals surface area (Å²) in [5, 5.41) is 20.4. The predicted molar refractivity (Wildman–Crippen MR) is 84.9 cm³/mol. The van der Waals surface area contributed by atoms with Crippen molar-refractivity contribution in [3.8, 4) is 5.75 Å². The zero-order valence-corrected chi connectivity index (χ0v) is 13.5. The van der Waals surface area contributed by atoms with Crippen molar-refractivity contribution in [2.24, 2.45) is 0 Å². The van der Waals surface area contributed by atoms with Crippen LogP contribution in [-0.2, 0) is 4.74 Å². The van der Waals surface area contributed by atoms with Crippen LogP contribution < -0.4 is 4.90 Å². The van der Waals surface area contributed by atoms with Gasteiger partial charge in [0.1, 0.15) is 17.1 Å². The molecule has 1 aromatic carbocycles. The van der Waals surface area contributed by atoms with E-state index < -0.39 is 17.4 Å². The van der Waals surface area contributed by atoms with E-state index in [2.05, 4.69) is 0 Å². The Hall–Kier alpha value is -1.75. The Morgan fingerprint density at radius 1 is 1.14 bits per heavy atom. The maximum atomic E-state index is 12.6. The average Bonchev–Trinajstić information content (AvgIpc) is 2.40. The Bertz CT molecular complexity index is 512. The van der Waals surface area contributed by atoms with Gasteiger partial charge in [0, 0.05) is 0 Å². The molecule has 0 radical (unpaired) electrons. The van der Waals surface area contributed by atoms with Gasteiger partial charge in [-0.3, -0.25) is 0 Å². The Balaban J connectivity index is 2.35. The molecule has 0 aromatic heterocycles. The molecule has 5 heteroatoms. The van der Waals surface area contributed by atoms with Crippen LogP contribution in [0.4, 0.5) is 10.5 Å². The zero-order chi connectivity index (χ0) is 16.4. The van der Waals surface area contributed by atoms with Gasteiger partial charge in [-0.2, -0.15) is 0 Å². The third-order valence-electron chi connectivity index (χ3n) is 3.75. The van der Waals surface area contributed by atoms with E-state index >= 15 is 0 Å². The summed E-state index contributed by atoms with van der Waals surface area (Å²) < 4.78 is 5.47. The second-order valence-corrected chi connectivity index (χ2v) is 6.88. The number of aliphatic hydroxyl groups is 1. The molecule has 0 heterocycles. The molecule has 0 unspecified atom stereocenters. The third-order valence-corrected chi connectivity index (χ3v) is 3.75. The number of hydrogen-bond acceptors (Lipinski definition) is 4. The highest BCUT2D eigenvalue weighted by atomic mass is 16.6. The van der Waals surface area contributed by atoms with Crippen molar-refractivity contribution in [3.63, 3.8) is 0 Å². The lowest BCUT2D eigenvalue weighted by molar-refractivity contribution is -0.0120. The fraction of sp³-hybridized carbons (Fsp3) is 0.588. The molecule has 1 aromatic rings. The van der Waals surface area contributed by atoms with E-state index in [4.69, 9.17) is 4.74 Å². The topological polar surface area (TPSA) is 70.0 Å². The molecule has 122 valence electrons. The van der Waals surface area contributed by atoms with Crippen LogP contribution in [0.1, 0.15) is 52.9 Å². The van der Waals surface area contributed by atoms with Gasteiger partial charge in [0.15, 0.2) is 0 Å². The molecule has 5 nitrogen and oxygen atoms in total. The number of anilines is 1. The molecule has 1 amide bonds. The summed E-state index contributed by atoms with van der Waals surface area (Å²) in [6.07, 6.45) is 3.27. The summed E-state index contributed by atoms with van der Waals surface area (Å²) in [7, 11) is 0. The highest BCUT2D eigenvalue weighted by Gasteiger charge is 2.41. The van der Waals surface area contributed by atoms with E-state index in [0.717, 1.165) is 19.3 Å². The van der Waals surface area contributed by atoms with Crippen molar-refractivity contribution in [2.45, 2.75) is 64.2 Å². The van der Waals surface area contributed by atoms with Gasteiger partial charge in [-0.25, -0.2) is 9.69 Å². The van der Waals surface area contributed by atoms with Crippen LogP contribution in [0.25, 0.3) is 0 Å². The largest absolute Gasteiger partial charge is 0.508 e.